The number of halogens is 2. The second-order valence-corrected chi connectivity index (χ2v) is 6.70. The molecule has 1 heterocycles. The molecule has 3 N–H and O–H groups in total. The number of nitrogens with two attached hydrogens (primary N) is 1. The number of hydrogen-bond acceptors (Lipinski definition) is 3. The maximum atomic E-state index is 13.3. The zero-order valence-corrected chi connectivity index (χ0v) is 16.9. The lowest BCUT2D eigenvalue weighted by molar-refractivity contribution is 0.625. The molecule has 0 aliphatic heterocycles. The molecular weight excluding hydrogens is 444 g/mol. The van der Waals surface area contributed by atoms with Crippen LogP contribution in [0.4, 0.5) is 4.39 Å². The SMILES string of the molecule is CSCc1cc(F)ccc1CN=C(N)NCCc1cccs1.I. The van der Waals surface area contributed by atoms with Gasteiger partial charge in [-0.15, -0.1) is 35.3 Å². The number of hydrogen-bond donors (Lipinski definition) is 2. The van der Waals surface area contributed by atoms with Crippen LogP contribution in [0.2, 0.25) is 0 Å². The summed E-state index contributed by atoms with van der Waals surface area (Å²) in [7, 11) is 0. The molecule has 0 aliphatic carbocycles. The van der Waals surface area contributed by atoms with Crippen molar-refractivity contribution in [2.45, 2.75) is 18.7 Å². The highest BCUT2D eigenvalue weighted by molar-refractivity contribution is 14.0. The van der Waals surface area contributed by atoms with Crippen LogP contribution in [0.15, 0.2) is 40.7 Å². The number of nitrogens with one attached hydrogen (secondary N) is 1. The average molecular weight is 465 g/mol. The molecule has 0 saturated heterocycles. The number of nitrogens with zero attached hydrogens (tertiary/aromatic N) is 1. The highest BCUT2D eigenvalue weighted by Gasteiger charge is 2.04. The largest absolute Gasteiger partial charge is 0.370 e. The van der Waals surface area contributed by atoms with Gasteiger partial charge < -0.3 is 11.1 Å². The van der Waals surface area contributed by atoms with Gasteiger partial charge in [-0.3, -0.25) is 0 Å². The molecule has 0 spiro atoms. The summed E-state index contributed by atoms with van der Waals surface area (Å²) in [6.45, 7) is 1.23. The summed E-state index contributed by atoms with van der Waals surface area (Å²) in [5, 5.41) is 5.17. The van der Waals surface area contributed by atoms with E-state index in [1.807, 2.05) is 12.3 Å². The molecule has 126 valence electrons. The third-order valence-electron chi connectivity index (χ3n) is 3.15. The van der Waals surface area contributed by atoms with Crippen molar-refractivity contribution in [1.29, 1.82) is 0 Å². The summed E-state index contributed by atoms with van der Waals surface area (Å²) < 4.78 is 13.3. The highest BCUT2D eigenvalue weighted by atomic mass is 127. The van der Waals surface area contributed by atoms with Crippen molar-refractivity contribution in [2.75, 3.05) is 12.8 Å². The molecule has 1 aromatic carbocycles. The zero-order chi connectivity index (χ0) is 15.8. The molecule has 3 nitrogen and oxygen atoms in total. The van der Waals surface area contributed by atoms with Crippen LogP contribution in [-0.2, 0) is 18.7 Å². The standard InChI is InChI=1S/C16H20FN3S2.HI/c1-21-11-13-9-14(17)5-4-12(13)10-20-16(18)19-7-6-15-3-2-8-22-15;/h2-5,8-9H,6-7,10-11H2,1H3,(H3,18,19,20);1H. The number of rotatable bonds is 7. The van der Waals surface area contributed by atoms with Gasteiger partial charge in [0.1, 0.15) is 5.82 Å². The monoisotopic (exact) mass is 465 g/mol. The zero-order valence-electron chi connectivity index (χ0n) is 12.9. The fourth-order valence-electron chi connectivity index (χ4n) is 2.03. The number of benzene rings is 1. The summed E-state index contributed by atoms with van der Waals surface area (Å²) in [6, 6.07) is 8.96. The van der Waals surface area contributed by atoms with Crippen LogP contribution < -0.4 is 11.1 Å². The summed E-state index contributed by atoms with van der Waals surface area (Å²) in [5.74, 6) is 0.990. The van der Waals surface area contributed by atoms with Crippen LogP contribution in [0.25, 0.3) is 0 Å². The molecule has 2 rings (SSSR count). The summed E-state index contributed by atoms with van der Waals surface area (Å²) >= 11 is 3.40. The van der Waals surface area contributed by atoms with Crippen LogP contribution in [0.5, 0.6) is 0 Å². The fourth-order valence-corrected chi connectivity index (χ4v) is 3.32. The smallest absolute Gasteiger partial charge is 0.188 e. The molecular formula is C16H21FIN3S2. The van der Waals surface area contributed by atoms with E-state index in [1.54, 1.807) is 35.2 Å². The Morgan fingerprint density at radius 2 is 2.17 bits per heavy atom. The predicted molar refractivity (Wildman–Crippen MR) is 110 cm³/mol. The van der Waals surface area contributed by atoms with E-state index in [4.69, 9.17) is 5.73 Å². The average Bonchev–Trinajstić information content (AvgIpc) is 3.00. The molecule has 2 aromatic rings. The minimum absolute atomic E-state index is 0. The summed E-state index contributed by atoms with van der Waals surface area (Å²) in [4.78, 5) is 5.66. The van der Waals surface area contributed by atoms with E-state index < -0.39 is 0 Å². The van der Waals surface area contributed by atoms with E-state index in [0.717, 1.165) is 29.8 Å². The van der Waals surface area contributed by atoms with E-state index in [9.17, 15) is 4.39 Å². The van der Waals surface area contributed by atoms with Gasteiger partial charge in [-0.05, 0) is 47.4 Å². The van der Waals surface area contributed by atoms with Gasteiger partial charge in [0.05, 0.1) is 6.54 Å². The summed E-state index contributed by atoms with van der Waals surface area (Å²) in [5.41, 5.74) is 7.87. The first-order valence-electron chi connectivity index (χ1n) is 7.01. The van der Waals surface area contributed by atoms with Crippen molar-refractivity contribution in [2.24, 2.45) is 10.7 Å². The number of thioether (sulfide) groups is 1. The number of thiophene rings is 1. The Balaban J connectivity index is 0.00000264. The van der Waals surface area contributed by atoms with Crippen molar-refractivity contribution in [1.82, 2.24) is 5.32 Å². The van der Waals surface area contributed by atoms with Crippen molar-refractivity contribution in [3.63, 3.8) is 0 Å². The van der Waals surface area contributed by atoms with E-state index in [1.165, 1.54) is 10.9 Å². The first kappa shape index (κ1) is 20.2. The highest BCUT2D eigenvalue weighted by Crippen LogP contribution is 2.17. The number of guanidine groups is 1. The molecule has 0 aliphatic rings. The first-order chi connectivity index (χ1) is 10.7. The Kier molecular flexibility index (Phi) is 9.57. The van der Waals surface area contributed by atoms with Gasteiger partial charge in [0.2, 0.25) is 0 Å². The van der Waals surface area contributed by atoms with Gasteiger partial charge in [0.15, 0.2) is 5.96 Å². The van der Waals surface area contributed by atoms with Gasteiger partial charge in [-0.25, -0.2) is 9.38 Å². The maximum absolute atomic E-state index is 13.3. The number of aliphatic imine (C=N–C) groups is 1. The van der Waals surface area contributed by atoms with Crippen molar-refractivity contribution in [3.8, 4) is 0 Å². The van der Waals surface area contributed by atoms with E-state index >= 15 is 0 Å². The predicted octanol–water partition coefficient (Wildman–Crippen LogP) is 4.02. The van der Waals surface area contributed by atoms with E-state index in [-0.39, 0.29) is 29.8 Å². The maximum Gasteiger partial charge on any atom is 0.188 e. The van der Waals surface area contributed by atoms with Crippen LogP contribution in [-0.4, -0.2) is 18.8 Å². The molecule has 0 radical (unpaired) electrons. The van der Waals surface area contributed by atoms with Gasteiger partial charge in [0.25, 0.3) is 0 Å². The normalized spacial score (nSPS) is 11.1. The van der Waals surface area contributed by atoms with Gasteiger partial charge in [0, 0.05) is 17.2 Å². The van der Waals surface area contributed by atoms with Gasteiger partial charge in [-0.2, -0.15) is 11.8 Å². The molecule has 0 fully saturated rings. The molecule has 0 bridgehead atoms. The Labute approximate surface area is 162 Å². The summed E-state index contributed by atoms with van der Waals surface area (Å²) in [6.07, 6.45) is 2.93. The Hall–Kier alpha value is -0.800. The van der Waals surface area contributed by atoms with E-state index in [0.29, 0.717) is 12.5 Å². The Morgan fingerprint density at radius 1 is 1.35 bits per heavy atom. The second kappa shape index (κ2) is 10.9. The van der Waals surface area contributed by atoms with Gasteiger partial charge >= 0.3 is 0 Å². The topological polar surface area (TPSA) is 50.4 Å². The minimum Gasteiger partial charge on any atom is -0.370 e. The van der Waals surface area contributed by atoms with Crippen LogP contribution >= 0.6 is 47.1 Å². The van der Waals surface area contributed by atoms with Crippen molar-refractivity contribution in [3.05, 3.63) is 57.5 Å². The molecule has 23 heavy (non-hydrogen) atoms. The second-order valence-electron chi connectivity index (χ2n) is 4.80. The van der Waals surface area contributed by atoms with Gasteiger partial charge in [-0.1, -0.05) is 12.1 Å². The van der Waals surface area contributed by atoms with Crippen LogP contribution in [0.1, 0.15) is 16.0 Å². The molecule has 0 amide bonds. The lowest BCUT2D eigenvalue weighted by Crippen LogP contribution is -2.33. The first-order valence-corrected chi connectivity index (χ1v) is 9.29. The molecule has 0 saturated carbocycles. The van der Waals surface area contributed by atoms with E-state index in [2.05, 4.69) is 21.8 Å². The van der Waals surface area contributed by atoms with Crippen LogP contribution in [0, 0.1) is 5.82 Å². The molecule has 7 heteroatoms. The minimum atomic E-state index is -0.209. The van der Waals surface area contributed by atoms with Crippen molar-refractivity contribution < 1.29 is 4.39 Å². The molecule has 0 unspecified atom stereocenters. The third-order valence-corrected chi connectivity index (χ3v) is 4.68. The van der Waals surface area contributed by atoms with Crippen LogP contribution in [0.3, 0.4) is 0 Å². The Bertz CT molecular complexity index is 618. The third kappa shape index (κ3) is 7.09. The van der Waals surface area contributed by atoms with Crippen molar-refractivity contribution >= 4 is 53.0 Å². The molecule has 0 atom stereocenters. The Morgan fingerprint density at radius 3 is 2.87 bits per heavy atom. The lowest BCUT2D eigenvalue weighted by Gasteiger charge is -2.08. The molecule has 1 aromatic heterocycles. The lowest BCUT2D eigenvalue weighted by atomic mass is 10.1. The quantitative estimate of drug-likeness (QED) is 0.369. The fraction of sp³-hybridized carbons (Fsp3) is 0.312.